The van der Waals surface area contributed by atoms with Crippen molar-refractivity contribution in [2.75, 3.05) is 44.3 Å². The zero-order valence-electron chi connectivity index (χ0n) is 19.4. The molecule has 1 saturated heterocycles. The van der Waals surface area contributed by atoms with Crippen molar-refractivity contribution in [3.63, 3.8) is 0 Å². The second-order valence-electron chi connectivity index (χ2n) is 8.41. The first kappa shape index (κ1) is 24.1. The molecular formula is C26H33N3O2S2. The number of ether oxygens (including phenoxy) is 1. The summed E-state index contributed by atoms with van der Waals surface area (Å²) in [6.07, 6.45) is 5.80. The van der Waals surface area contributed by atoms with E-state index in [1.807, 2.05) is 22.4 Å². The highest BCUT2D eigenvalue weighted by atomic mass is 32.1. The second kappa shape index (κ2) is 12.4. The summed E-state index contributed by atoms with van der Waals surface area (Å²) in [5.41, 5.74) is 3.42. The van der Waals surface area contributed by atoms with Crippen LogP contribution in [0.25, 0.3) is 11.3 Å². The first-order chi connectivity index (χ1) is 16.2. The molecule has 0 atom stereocenters. The predicted octanol–water partition coefficient (Wildman–Crippen LogP) is 5.97. The molecule has 176 valence electrons. The summed E-state index contributed by atoms with van der Waals surface area (Å²) >= 11 is 3.04. The molecule has 0 radical (unpaired) electrons. The summed E-state index contributed by atoms with van der Waals surface area (Å²) in [5.74, 6) is 0.0409. The molecule has 1 fully saturated rings. The Labute approximate surface area is 205 Å². The molecule has 3 heterocycles. The average Bonchev–Trinajstić information content (AvgIpc) is 3.56. The summed E-state index contributed by atoms with van der Waals surface area (Å²) < 4.78 is 5.45. The van der Waals surface area contributed by atoms with Crippen LogP contribution in [-0.4, -0.2) is 55.2 Å². The molecule has 0 spiro atoms. The van der Waals surface area contributed by atoms with Crippen LogP contribution in [0.1, 0.15) is 47.8 Å². The number of thiophene rings is 1. The van der Waals surface area contributed by atoms with E-state index >= 15 is 0 Å². The lowest BCUT2D eigenvalue weighted by atomic mass is 10.0. The number of anilines is 1. The van der Waals surface area contributed by atoms with E-state index in [4.69, 9.17) is 9.72 Å². The van der Waals surface area contributed by atoms with Gasteiger partial charge < -0.3 is 4.74 Å². The number of thiazole rings is 1. The number of aryl methyl sites for hydroxylation is 1. The fourth-order valence-electron chi connectivity index (χ4n) is 4.04. The Morgan fingerprint density at radius 1 is 1.09 bits per heavy atom. The lowest BCUT2D eigenvalue weighted by molar-refractivity contribution is 0.0376. The van der Waals surface area contributed by atoms with Gasteiger partial charge in [0.15, 0.2) is 5.13 Å². The molecule has 0 unspecified atom stereocenters. The van der Waals surface area contributed by atoms with Gasteiger partial charge in [-0.15, -0.1) is 22.7 Å². The summed E-state index contributed by atoms with van der Waals surface area (Å²) in [6, 6.07) is 12.6. The minimum absolute atomic E-state index is 0.0409. The van der Waals surface area contributed by atoms with E-state index in [0.29, 0.717) is 6.54 Å². The highest BCUT2D eigenvalue weighted by Crippen LogP contribution is 2.29. The number of nitrogens with zero attached hydrogens (tertiary/aromatic N) is 3. The van der Waals surface area contributed by atoms with Gasteiger partial charge in [-0.3, -0.25) is 14.6 Å². The lowest BCUT2D eigenvalue weighted by Gasteiger charge is -2.27. The summed E-state index contributed by atoms with van der Waals surface area (Å²) in [6.45, 7) is 7.39. The standard InChI is InChI=1S/C26H33N3O2S2/c1-2-3-4-7-21-9-11-22(12-10-21)23-20-33-26(27-23)29(25(30)24-8-5-19-32-24)14-6-13-28-15-17-31-18-16-28/h5,8-12,19-20H,2-4,6-7,13-18H2,1H3. The van der Waals surface area contributed by atoms with E-state index in [0.717, 1.165) is 67.0 Å². The van der Waals surface area contributed by atoms with Crippen molar-refractivity contribution < 1.29 is 9.53 Å². The lowest BCUT2D eigenvalue weighted by Crippen LogP contribution is -2.39. The summed E-state index contributed by atoms with van der Waals surface area (Å²) in [7, 11) is 0. The van der Waals surface area contributed by atoms with Crippen molar-refractivity contribution >= 4 is 33.7 Å². The van der Waals surface area contributed by atoms with Gasteiger partial charge in [-0.25, -0.2) is 4.98 Å². The number of carbonyl (C=O) groups is 1. The Balaban J connectivity index is 1.44. The van der Waals surface area contributed by atoms with E-state index in [9.17, 15) is 4.79 Å². The van der Waals surface area contributed by atoms with Crippen molar-refractivity contribution in [2.24, 2.45) is 0 Å². The quantitative estimate of drug-likeness (QED) is 0.315. The smallest absolute Gasteiger partial charge is 0.270 e. The van der Waals surface area contributed by atoms with Gasteiger partial charge in [0.1, 0.15) is 0 Å². The summed E-state index contributed by atoms with van der Waals surface area (Å²) in [5, 5.41) is 4.80. The third-order valence-electron chi connectivity index (χ3n) is 5.98. The predicted molar refractivity (Wildman–Crippen MR) is 139 cm³/mol. The van der Waals surface area contributed by atoms with Crippen LogP contribution in [0.15, 0.2) is 47.2 Å². The Hall–Kier alpha value is -2.06. The molecule has 1 aromatic carbocycles. The minimum atomic E-state index is 0.0409. The fourth-order valence-corrected chi connectivity index (χ4v) is 5.57. The van der Waals surface area contributed by atoms with Gasteiger partial charge in [0.05, 0.1) is 23.8 Å². The van der Waals surface area contributed by atoms with Crippen molar-refractivity contribution in [1.82, 2.24) is 9.88 Å². The molecule has 3 aromatic rings. The number of morpholine rings is 1. The van der Waals surface area contributed by atoms with Crippen LogP contribution >= 0.6 is 22.7 Å². The number of hydrogen-bond acceptors (Lipinski definition) is 6. The van der Waals surface area contributed by atoms with Gasteiger partial charge in [-0.05, 0) is 36.3 Å². The van der Waals surface area contributed by atoms with Crippen molar-refractivity contribution in [1.29, 1.82) is 0 Å². The molecular weight excluding hydrogens is 450 g/mol. The molecule has 4 rings (SSSR count). The Kier molecular flexibility index (Phi) is 9.06. The number of rotatable bonds is 11. The number of unbranched alkanes of at least 4 members (excludes halogenated alkanes) is 2. The van der Waals surface area contributed by atoms with Crippen molar-refractivity contribution in [3.05, 3.63) is 57.6 Å². The third kappa shape index (κ3) is 6.73. The molecule has 7 heteroatoms. The highest BCUT2D eigenvalue weighted by molar-refractivity contribution is 7.14. The monoisotopic (exact) mass is 483 g/mol. The zero-order valence-corrected chi connectivity index (χ0v) is 21.0. The molecule has 0 aliphatic carbocycles. The number of aromatic nitrogens is 1. The number of carbonyl (C=O) groups excluding carboxylic acids is 1. The Morgan fingerprint density at radius 2 is 1.91 bits per heavy atom. The fraction of sp³-hybridized carbons (Fsp3) is 0.462. The normalized spacial score (nSPS) is 14.5. The van der Waals surface area contributed by atoms with Crippen LogP contribution < -0.4 is 4.90 Å². The molecule has 2 aromatic heterocycles. The minimum Gasteiger partial charge on any atom is -0.379 e. The molecule has 0 saturated carbocycles. The van der Waals surface area contributed by atoms with E-state index in [1.54, 1.807) is 11.3 Å². The first-order valence-corrected chi connectivity index (χ1v) is 13.7. The van der Waals surface area contributed by atoms with E-state index in [2.05, 4.69) is 41.5 Å². The topological polar surface area (TPSA) is 45.7 Å². The molecule has 1 aliphatic rings. The van der Waals surface area contributed by atoms with E-state index in [-0.39, 0.29) is 5.91 Å². The van der Waals surface area contributed by atoms with Crippen LogP contribution in [0.3, 0.4) is 0 Å². The molecule has 0 N–H and O–H groups in total. The maximum Gasteiger partial charge on any atom is 0.270 e. The summed E-state index contributed by atoms with van der Waals surface area (Å²) in [4.78, 5) is 23.2. The first-order valence-electron chi connectivity index (χ1n) is 11.9. The van der Waals surface area contributed by atoms with E-state index in [1.165, 1.54) is 36.2 Å². The van der Waals surface area contributed by atoms with Crippen LogP contribution in [0.4, 0.5) is 5.13 Å². The number of benzene rings is 1. The van der Waals surface area contributed by atoms with Crippen LogP contribution in [0.5, 0.6) is 0 Å². The molecule has 0 bridgehead atoms. The Morgan fingerprint density at radius 3 is 2.64 bits per heavy atom. The zero-order chi connectivity index (χ0) is 22.9. The van der Waals surface area contributed by atoms with Crippen LogP contribution in [0.2, 0.25) is 0 Å². The number of hydrogen-bond donors (Lipinski definition) is 0. The van der Waals surface area contributed by atoms with Crippen LogP contribution in [0, 0.1) is 0 Å². The maximum atomic E-state index is 13.3. The van der Waals surface area contributed by atoms with E-state index < -0.39 is 0 Å². The van der Waals surface area contributed by atoms with Gasteiger partial charge in [0, 0.05) is 37.1 Å². The van der Waals surface area contributed by atoms with Crippen molar-refractivity contribution in [3.8, 4) is 11.3 Å². The average molecular weight is 484 g/mol. The highest BCUT2D eigenvalue weighted by Gasteiger charge is 2.22. The van der Waals surface area contributed by atoms with Crippen LogP contribution in [-0.2, 0) is 11.2 Å². The number of amides is 1. The Bertz CT molecular complexity index is 979. The van der Waals surface area contributed by atoms with Crippen molar-refractivity contribution in [2.45, 2.75) is 39.0 Å². The molecule has 1 amide bonds. The van der Waals surface area contributed by atoms with Gasteiger partial charge in [-0.1, -0.05) is 50.1 Å². The SMILES string of the molecule is CCCCCc1ccc(-c2csc(N(CCCN3CCOCC3)C(=O)c3cccs3)n2)cc1. The largest absolute Gasteiger partial charge is 0.379 e. The third-order valence-corrected chi connectivity index (χ3v) is 7.70. The molecule has 5 nitrogen and oxygen atoms in total. The van der Waals surface area contributed by atoms with Gasteiger partial charge >= 0.3 is 0 Å². The van der Waals surface area contributed by atoms with Gasteiger partial charge in [0.2, 0.25) is 0 Å². The molecule has 1 aliphatic heterocycles. The molecule has 33 heavy (non-hydrogen) atoms. The van der Waals surface area contributed by atoms with Gasteiger partial charge in [0.25, 0.3) is 5.91 Å². The second-order valence-corrected chi connectivity index (χ2v) is 10.2. The van der Waals surface area contributed by atoms with Gasteiger partial charge in [-0.2, -0.15) is 0 Å². The maximum absolute atomic E-state index is 13.3.